The number of hydrogen-bond acceptors (Lipinski definition) is 5. The highest BCUT2D eigenvalue weighted by molar-refractivity contribution is 7.17. The second-order valence-corrected chi connectivity index (χ2v) is 10.7. The van der Waals surface area contributed by atoms with Crippen LogP contribution in [0.15, 0.2) is 42.5 Å². The first kappa shape index (κ1) is 28.4. The number of aliphatic hydroxyl groups excluding tert-OH is 1. The molecule has 3 aromatic rings. The molecule has 2 aromatic carbocycles. The number of carbonyl (C=O) groups excluding carboxylic acids is 1. The molecule has 1 atom stereocenters. The second kappa shape index (κ2) is 13.4. The molecule has 4 nitrogen and oxygen atoms in total. The fourth-order valence-corrected chi connectivity index (χ4v) is 5.27. The number of hydrogen-bond donors (Lipinski definition) is 1. The van der Waals surface area contributed by atoms with Gasteiger partial charge in [0.1, 0.15) is 17.4 Å². The molecule has 8 heteroatoms. The fourth-order valence-electron chi connectivity index (χ4n) is 3.96. The number of alkyl halides is 2. The van der Waals surface area contributed by atoms with Crippen LogP contribution in [0.1, 0.15) is 71.1 Å². The lowest BCUT2D eigenvalue weighted by Crippen LogP contribution is -2.05. The molecule has 1 unspecified atom stereocenters. The number of ether oxygens (including phenoxy) is 1. The van der Waals surface area contributed by atoms with E-state index in [0.717, 1.165) is 52.4 Å². The van der Waals surface area contributed by atoms with E-state index in [2.05, 4.69) is 6.92 Å². The lowest BCUT2D eigenvalue weighted by molar-refractivity contribution is 0.0982. The van der Waals surface area contributed by atoms with Gasteiger partial charge in [-0.15, -0.1) is 11.3 Å². The van der Waals surface area contributed by atoms with E-state index in [1.165, 1.54) is 18.6 Å². The van der Waals surface area contributed by atoms with Gasteiger partial charge in [-0.25, -0.2) is 4.98 Å². The molecule has 0 aliphatic carbocycles. The van der Waals surface area contributed by atoms with Gasteiger partial charge in [0.2, 0.25) is 0 Å². The van der Waals surface area contributed by atoms with Crippen molar-refractivity contribution < 1.29 is 23.4 Å². The minimum atomic E-state index is -2.96. The third kappa shape index (κ3) is 7.89. The maximum Gasteiger partial charge on any atom is 0.283 e. The summed E-state index contributed by atoms with van der Waals surface area (Å²) < 4.78 is 32.6. The van der Waals surface area contributed by atoms with Gasteiger partial charge >= 0.3 is 0 Å². The Morgan fingerprint density at radius 1 is 1.11 bits per heavy atom. The summed E-state index contributed by atoms with van der Waals surface area (Å²) in [7, 11) is 1.56. The summed E-state index contributed by atoms with van der Waals surface area (Å²) in [4.78, 5) is 18.9. The van der Waals surface area contributed by atoms with Crippen molar-refractivity contribution in [2.75, 3.05) is 13.2 Å². The van der Waals surface area contributed by atoms with Gasteiger partial charge in [0.25, 0.3) is 5.66 Å². The fraction of sp³-hybridized carbons (Fsp3) is 0.429. The predicted octanol–water partition coefficient (Wildman–Crippen LogP) is 7.35. The van der Waals surface area contributed by atoms with Crippen LogP contribution in [0.5, 0.6) is 5.75 Å². The number of aliphatic hydroxyl groups is 1. The van der Waals surface area contributed by atoms with Crippen LogP contribution < -0.4 is 4.74 Å². The Labute approximate surface area is 218 Å². The third-order valence-electron chi connectivity index (χ3n) is 5.99. The zero-order valence-corrected chi connectivity index (χ0v) is 22.8. The van der Waals surface area contributed by atoms with Crippen LogP contribution in [0.3, 0.4) is 0 Å². The number of aryl methyl sites for hydroxylation is 3. The van der Waals surface area contributed by atoms with Gasteiger partial charge in [-0.3, -0.25) is 4.79 Å². The Morgan fingerprint density at radius 2 is 1.86 bits per heavy atom. The first-order valence-electron chi connectivity index (χ1n) is 12.4. The number of aromatic nitrogens is 1. The summed E-state index contributed by atoms with van der Waals surface area (Å²) in [5.41, 5.74) is 0.278. The summed E-state index contributed by atoms with van der Waals surface area (Å²) >= 11 is 1.54. The molecule has 0 aliphatic heterocycles. The molecule has 3 rings (SSSR count). The van der Waals surface area contributed by atoms with Crippen molar-refractivity contribution in [2.24, 2.45) is 0 Å². The van der Waals surface area contributed by atoms with Crippen LogP contribution in [-0.2, 0) is 18.5 Å². The topological polar surface area (TPSA) is 59.4 Å². The van der Waals surface area contributed by atoms with E-state index in [4.69, 9.17) is 14.8 Å². The Balaban J connectivity index is 1.75. The summed E-state index contributed by atoms with van der Waals surface area (Å²) in [6.45, 7) is 4.20. The monoisotopic (exact) mass is 533 g/mol. The molecule has 0 radical (unpaired) electrons. The van der Waals surface area contributed by atoms with Crippen LogP contribution in [0.4, 0.5) is 8.78 Å². The van der Waals surface area contributed by atoms with Crippen molar-refractivity contribution in [1.82, 2.24) is 4.98 Å². The quantitative estimate of drug-likeness (QED) is 0.134. The Bertz CT molecular complexity index is 1140. The van der Waals surface area contributed by atoms with Crippen molar-refractivity contribution in [1.29, 1.82) is 0 Å². The van der Waals surface area contributed by atoms with Crippen molar-refractivity contribution >= 4 is 26.4 Å². The number of Topliss-reactive ketones (excluding diaryl/α,β-unsaturated/α-hetero) is 1. The third-order valence-corrected chi connectivity index (χ3v) is 7.53. The zero-order valence-electron chi connectivity index (χ0n) is 20.9. The zero-order chi connectivity index (χ0) is 26.1. The van der Waals surface area contributed by atoms with Gasteiger partial charge < -0.3 is 9.84 Å². The molecule has 1 aromatic heterocycles. The lowest BCUT2D eigenvalue weighted by Gasteiger charge is -2.10. The van der Waals surface area contributed by atoms with Gasteiger partial charge in [0, 0.05) is 28.0 Å². The van der Waals surface area contributed by atoms with Gasteiger partial charge in [0.05, 0.1) is 12.3 Å². The normalized spacial score (nSPS) is 11.6. The summed E-state index contributed by atoms with van der Waals surface area (Å²) in [5, 5.41) is 9.74. The average molecular weight is 534 g/mol. The molecule has 194 valence electrons. The molecule has 0 saturated heterocycles. The van der Waals surface area contributed by atoms with Crippen LogP contribution in [0.25, 0.3) is 10.6 Å². The number of benzene rings is 2. The van der Waals surface area contributed by atoms with E-state index in [0.29, 0.717) is 24.2 Å². The molecule has 0 aliphatic rings. The lowest BCUT2D eigenvalue weighted by atomic mass is 10.0. The maximum absolute atomic E-state index is 13.6. The minimum Gasteiger partial charge on any atom is -0.491 e. The summed E-state index contributed by atoms with van der Waals surface area (Å²) in [5.74, 6) is 0.707. The number of carbonyl (C=O) groups is 1. The van der Waals surface area contributed by atoms with E-state index >= 15 is 0 Å². The molecular weight excluding hydrogens is 499 g/mol. The average Bonchev–Trinajstić information content (AvgIpc) is 3.27. The molecule has 0 amide bonds. The highest BCUT2D eigenvalue weighted by atomic mass is 32.1. The van der Waals surface area contributed by atoms with Crippen molar-refractivity contribution in [3.63, 3.8) is 0 Å². The number of rotatable bonds is 14. The Hall–Kier alpha value is -2.21. The number of unbranched alkanes of at least 4 members (excludes halogenated alkanes) is 3. The van der Waals surface area contributed by atoms with Gasteiger partial charge in [0.15, 0.2) is 5.78 Å². The molecule has 1 N–H and O–H groups in total. The number of ketones is 1. The SMILES string of the molecule is CCCCCCc1nc(-c2ccc(C(F)(F)P)cc2)sc1CCC(=O)c1ccc(OCCO)c(C)c1. The first-order valence-corrected chi connectivity index (χ1v) is 13.8. The summed E-state index contributed by atoms with van der Waals surface area (Å²) in [6.07, 6.45) is 6.28. The largest absolute Gasteiger partial charge is 0.491 e. The summed E-state index contributed by atoms with van der Waals surface area (Å²) in [6, 6.07) is 11.6. The Morgan fingerprint density at radius 3 is 2.50 bits per heavy atom. The Kier molecular flexibility index (Phi) is 10.5. The van der Waals surface area contributed by atoms with E-state index in [1.807, 2.05) is 13.0 Å². The van der Waals surface area contributed by atoms with E-state index < -0.39 is 5.66 Å². The van der Waals surface area contributed by atoms with Gasteiger partial charge in [-0.05, 0) is 49.9 Å². The number of nitrogens with zero attached hydrogens (tertiary/aromatic N) is 1. The van der Waals surface area contributed by atoms with Crippen LogP contribution >= 0.6 is 20.6 Å². The van der Waals surface area contributed by atoms with Gasteiger partial charge in [-0.2, -0.15) is 8.78 Å². The molecule has 0 spiro atoms. The highest BCUT2D eigenvalue weighted by Gasteiger charge is 2.24. The van der Waals surface area contributed by atoms with Crippen molar-refractivity contribution in [3.05, 3.63) is 69.7 Å². The van der Waals surface area contributed by atoms with E-state index in [-0.39, 0.29) is 24.6 Å². The smallest absolute Gasteiger partial charge is 0.283 e. The predicted molar refractivity (Wildman–Crippen MR) is 145 cm³/mol. The molecular formula is C28H34F2NO3PS. The van der Waals surface area contributed by atoms with Crippen LogP contribution in [0.2, 0.25) is 0 Å². The van der Waals surface area contributed by atoms with Crippen LogP contribution in [0, 0.1) is 6.92 Å². The molecule has 1 heterocycles. The van der Waals surface area contributed by atoms with Crippen molar-refractivity contribution in [3.8, 4) is 16.3 Å². The molecule has 0 fully saturated rings. The highest BCUT2D eigenvalue weighted by Crippen LogP contribution is 2.37. The molecule has 0 saturated carbocycles. The second-order valence-electron chi connectivity index (χ2n) is 8.88. The first-order chi connectivity index (χ1) is 17.2. The molecule has 0 bridgehead atoms. The maximum atomic E-state index is 13.6. The molecule has 36 heavy (non-hydrogen) atoms. The van der Waals surface area contributed by atoms with E-state index in [9.17, 15) is 13.6 Å². The van der Waals surface area contributed by atoms with Crippen LogP contribution in [-0.4, -0.2) is 29.1 Å². The minimum absolute atomic E-state index is 0.0470. The van der Waals surface area contributed by atoms with E-state index in [1.54, 1.807) is 44.8 Å². The van der Waals surface area contributed by atoms with Crippen molar-refractivity contribution in [2.45, 2.75) is 64.5 Å². The standard InChI is InChI=1S/C28H34F2NO3PS/c1-3-4-5-6-7-23-26(36-27(31-23)20-8-11-22(12-9-20)28(29,30)35)15-13-24(33)21-10-14-25(19(2)18-21)34-17-16-32/h8-12,14,18,32H,3-7,13,15-17,35H2,1-2H3. The van der Waals surface area contributed by atoms with Gasteiger partial charge in [-0.1, -0.05) is 59.7 Å². The number of halogens is 2. The number of thiazole rings is 1.